The normalized spacial score (nSPS) is 29.5. The zero-order chi connectivity index (χ0) is 14.7. The highest BCUT2D eigenvalue weighted by atomic mass is 19.4. The summed E-state index contributed by atoms with van der Waals surface area (Å²) in [5, 5.41) is 0. The van der Waals surface area contributed by atoms with Gasteiger partial charge in [-0.25, -0.2) is 0 Å². The van der Waals surface area contributed by atoms with Crippen molar-refractivity contribution in [1.82, 2.24) is 0 Å². The van der Waals surface area contributed by atoms with E-state index in [0.717, 1.165) is 0 Å². The predicted molar refractivity (Wildman–Crippen MR) is 57.5 cm³/mol. The van der Waals surface area contributed by atoms with Crippen molar-refractivity contribution >= 4 is 0 Å². The van der Waals surface area contributed by atoms with Gasteiger partial charge in [0.1, 0.15) is 0 Å². The van der Waals surface area contributed by atoms with Crippen molar-refractivity contribution in [2.45, 2.75) is 44.5 Å². The molecule has 19 heavy (non-hydrogen) atoms. The Labute approximate surface area is 108 Å². The Balaban J connectivity index is 2.67. The summed E-state index contributed by atoms with van der Waals surface area (Å²) in [6.45, 7) is 0.365. The second kappa shape index (κ2) is 6.33. The molecule has 1 aliphatic rings. The van der Waals surface area contributed by atoms with Crippen molar-refractivity contribution in [2.75, 3.05) is 13.7 Å². The van der Waals surface area contributed by atoms with E-state index in [1.165, 1.54) is 7.11 Å². The maximum atomic E-state index is 12.7. The van der Waals surface area contributed by atoms with E-state index in [0.29, 0.717) is 19.4 Å². The number of ether oxygens (including phenoxy) is 1. The van der Waals surface area contributed by atoms with Gasteiger partial charge >= 0.3 is 12.4 Å². The van der Waals surface area contributed by atoms with E-state index in [2.05, 4.69) is 0 Å². The van der Waals surface area contributed by atoms with Crippen LogP contribution in [0.4, 0.5) is 26.3 Å². The molecule has 0 bridgehead atoms. The minimum Gasteiger partial charge on any atom is -0.385 e. The monoisotopic (exact) mass is 292 g/mol. The first kappa shape index (κ1) is 16.6. The van der Waals surface area contributed by atoms with Gasteiger partial charge in [-0.15, -0.1) is 0 Å². The van der Waals surface area contributed by atoms with Crippen LogP contribution in [0, 0.1) is 17.8 Å². The van der Waals surface area contributed by atoms with E-state index in [1.54, 1.807) is 0 Å². The van der Waals surface area contributed by atoms with Gasteiger partial charge in [-0.3, -0.25) is 0 Å². The van der Waals surface area contributed by atoms with Crippen molar-refractivity contribution in [3.05, 3.63) is 0 Å². The smallest absolute Gasteiger partial charge is 0.385 e. The zero-order valence-corrected chi connectivity index (χ0v) is 10.7. The van der Waals surface area contributed by atoms with Gasteiger partial charge in [-0.05, 0) is 38.0 Å². The van der Waals surface area contributed by atoms with Gasteiger partial charge in [0.15, 0.2) is 0 Å². The maximum Gasteiger partial charge on any atom is 0.391 e. The fourth-order valence-electron chi connectivity index (χ4n) is 2.72. The minimum atomic E-state index is -4.54. The Morgan fingerprint density at radius 3 is 1.74 bits per heavy atom. The molecule has 0 aromatic carbocycles. The highest BCUT2D eigenvalue weighted by Crippen LogP contribution is 2.48. The molecule has 0 amide bonds. The summed E-state index contributed by atoms with van der Waals surface area (Å²) in [6, 6.07) is 0. The molecular weight excluding hydrogens is 274 g/mol. The summed E-state index contributed by atoms with van der Waals surface area (Å²) >= 11 is 0. The Morgan fingerprint density at radius 2 is 1.37 bits per heavy atom. The number of alkyl halides is 6. The van der Waals surface area contributed by atoms with Crippen LogP contribution in [-0.4, -0.2) is 26.1 Å². The summed E-state index contributed by atoms with van der Waals surface area (Å²) < 4.78 is 80.8. The lowest BCUT2D eigenvalue weighted by molar-refractivity contribution is -0.228. The molecule has 7 heteroatoms. The third kappa shape index (κ3) is 5.20. The molecule has 0 aromatic rings. The first-order valence-electron chi connectivity index (χ1n) is 6.27. The molecule has 0 aliphatic heterocycles. The van der Waals surface area contributed by atoms with E-state index in [1.807, 2.05) is 0 Å². The third-order valence-corrected chi connectivity index (χ3v) is 3.69. The first-order chi connectivity index (χ1) is 8.64. The molecule has 0 radical (unpaired) electrons. The molecule has 114 valence electrons. The molecule has 0 N–H and O–H groups in total. The predicted octanol–water partition coefficient (Wildman–Crippen LogP) is 4.57. The van der Waals surface area contributed by atoms with Gasteiger partial charge < -0.3 is 4.74 Å². The average molecular weight is 292 g/mol. The second-order valence-electron chi connectivity index (χ2n) is 5.19. The number of rotatable bonds is 4. The van der Waals surface area contributed by atoms with E-state index in [-0.39, 0.29) is 12.8 Å². The first-order valence-corrected chi connectivity index (χ1v) is 6.27. The molecule has 0 saturated heterocycles. The highest BCUT2D eigenvalue weighted by Gasteiger charge is 2.51. The summed E-state index contributed by atoms with van der Waals surface area (Å²) in [5.41, 5.74) is 0. The van der Waals surface area contributed by atoms with E-state index in [4.69, 9.17) is 4.74 Å². The summed E-state index contributed by atoms with van der Waals surface area (Å²) in [6.07, 6.45) is -9.44. The van der Waals surface area contributed by atoms with Crippen molar-refractivity contribution in [3.8, 4) is 0 Å². The zero-order valence-electron chi connectivity index (χ0n) is 10.7. The molecular formula is C12H18F6O. The van der Waals surface area contributed by atoms with Gasteiger partial charge in [-0.2, -0.15) is 26.3 Å². The quantitative estimate of drug-likeness (QED) is 0.545. The SMILES string of the molecule is COCCCC1CC(C(F)(F)F)CC(C(F)(F)F)C1. The van der Waals surface area contributed by atoms with Crippen LogP contribution in [0.2, 0.25) is 0 Å². The Hall–Kier alpha value is -0.460. The molecule has 1 saturated carbocycles. The number of halogens is 6. The van der Waals surface area contributed by atoms with Gasteiger partial charge in [0, 0.05) is 13.7 Å². The Kier molecular flexibility index (Phi) is 5.53. The van der Waals surface area contributed by atoms with Crippen LogP contribution in [0.1, 0.15) is 32.1 Å². The van der Waals surface area contributed by atoms with Gasteiger partial charge in [0.2, 0.25) is 0 Å². The fourth-order valence-corrected chi connectivity index (χ4v) is 2.72. The van der Waals surface area contributed by atoms with Crippen LogP contribution in [0.15, 0.2) is 0 Å². The van der Waals surface area contributed by atoms with Gasteiger partial charge in [0.05, 0.1) is 11.8 Å². The molecule has 2 atom stereocenters. The molecule has 0 aromatic heterocycles. The van der Waals surface area contributed by atoms with Gasteiger partial charge in [-0.1, -0.05) is 0 Å². The molecule has 0 heterocycles. The Bertz CT molecular complexity index is 250. The molecule has 1 aliphatic carbocycles. The molecule has 1 fully saturated rings. The van der Waals surface area contributed by atoms with E-state index < -0.39 is 36.5 Å². The molecule has 1 rings (SSSR count). The van der Waals surface area contributed by atoms with Crippen LogP contribution >= 0.6 is 0 Å². The molecule has 0 spiro atoms. The number of hydrogen-bond donors (Lipinski definition) is 0. The van der Waals surface area contributed by atoms with Gasteiger partial charge in [0.25, 0.3) is 0 Å². The van der Waals surface area contributed by atoms with Crippen molar-refractivity contribution in [1.29, 1.82) is 0 Å². The number of hydrogen-bond acceptors (Lipinski definition) is 1. The van der Waals surface area contributed by atoms with Crippen LogP contribution in [0.5, 0.6) is 0 Å². The van der Waals surface area contributed by atoms with Crippen molar-refractivity contribution < 1.29 is 31.1 Å². The van der Waals surface area contributed by atoms with E-state index >= 15 is 0 Å². The number of methoxy groups -OCH3 is 1. The maximum absolute atomic E-state index is 12.7. The largest absolute Gasteiger partial charge is 0.391 e. The summed E-state index contributed by atoms with van der Waals surface area (Å²) in [7, 11) is 1.46. The summed E-state index contributed by atoms with van der Waals surface area (Å²) in [5.74, 6) is -4.19. The molecule has 2 unspecified atom stereocenters. The van der Waals surface area contributed by atoms with Crippen molar-refractivity contribution in [2.24, 2.45) is 17.8 Å². The third-order valence-electron chi connectivity index (χ3n) is 3.69. The van der Waals surface area contributed by atoms with Crippen molar-refractivity contribution in [3.63, 3.8) is 0 Å². The topological polar surface area (TPSA) is 9.23 Å². The average Bonchev–Trinajstić information content (AvgIpc) is 2.27. The van der Waals surface area contributed by atoms with Crippen LogP contribution in [-0.2, 0) is 4.74 Å². The van der Waals surface area contributed by atoms with Crippen LogP contribution in [0.3, 0.4) is 0 Å². The lowest BCUT2D eigenvalue weighted by atomic mass is 9.73. The standard InChI is InChI=1S/C12H18F6O/c1-19-4-2-3-8-5-9(11(13,14)15)7-10(6-8)12(16,17)18/h8-10H,2-7H2,1H3. The van der Waals surface area contributed by atoms with Crippen LogP contribution < -0.4 is 0 Å². The second-order valence-corrected chi connectivity index (χ2v) is 5.19. The Morgan fingerprint density at radius 1 is 0.895 bits per heavy atom. The summed E-state index contributed by atoms with van der Waals surface area (Å²) in [4.78, 5) is 0. The minimum absolute atomic E-state index is 0.195. The molecule has 1 nitrogen and oxygen atoms in total. The highest BCUT2D eigenvalue weighted by molar-refractivity contribution is 4.85. The van der Waals surface area contributed by atoms with E-state index in [9.17, 15) is 26.3 Å². The van der Waals surface area contributed by atoms with Crippen LogP contribution in [0.25, 0.3) is 0 Å². The lowest BCUT2D eigenvalue weighted by Gasteiger charge is -2.36. The fraction of sp³-hybridized carbons (Fsp3) is 1.00. The lowest BCUT2D eigenvalue weighted by Crippen LogP contribution is -2.38.